The third-order valence-electron chi connectivity index (χ3n) is 3.01. The summed E-state index contributed by atoms with van der Waals surface area (Å²) in [7, 11) is 5.89. The molecule has 0 bridgehead atoms. The van der Waals surface area contributed by atoms with E-state index >= 15 is 0 Å². The van der Waals surface area contributed by atoms with Crippen molar-refractivity contribution in [3.63, 3.8) is 0 Å². The summed E-state index contributed by atoms with van der Waals surface area (Å²) in [6.45, 7) is 6.00. The summed E-state index contributed by atoms with van der Waals surface area (Å²) in [5, 5.41) is 9.80. The van der Waals surface area contributed by atoms with Crippen LogP contribution in [0.1, 0.15) is 20.8 Å². The largest absolute Gasteiger partial charge is 0.444 e. The molecule has 17 heavy (non-hydrogen) atoms. The molecule has 5 nitrogen and oxygen atoms in total. The van der Waals surface area contributed by atoms with Crippen LogP contribution in [-0.4, -0.2) is 60.9 Å². The first-order valence-electron chi connectivity index (χ1n) is 5.84. The fourth-order valence-corrected chi connectivity index (χ4v) is 2.36. The van der Waals surface area contributed by atoms with Gasteiger partial charge in [0.25, 0.3) is 0 Å². The van der Waals surface area contributed by atoms with Crippen LogP contribution in [0.5, 0.6) is 0 Å². The van der Waals surface area contributed by atoms with Crippen molar-refractivity contribution in [2.45, 2.75) is 50.4 Å². The smallest absolute Gasteiger partial charge is 0.410 e. The van der Waals surface area contributed by atoms with Crippen LogP contribution in [0.2, 0.25) is 5.82 Å². The van der Waals surface area contributed by atoms with Gasteiger partial charge in [-0.2, -0.15) is 0 Å². The van der Waals surface area contributed by atoms with Crippen molar-refractivity contribution in [1.82, 2.24) is 4.90 Å². The summed E-state index contributed by atoms with van der Waals surface area (Å²) in [5.74, 6) is -0.260. The van der Waals surface area contributed by atoms with E-state index < -0.39 is 17.8 Å². The molecular weight excluding hydrogens is 221 g/mol. The van der Waals surface area contributed by atoms with Gasteiger partial charge in [0.2, 0.25) is 0 Å². The minimum Gasteiger partial charge on any atom is -0.444 e. The number of likely N-dealkylation sites (tertiary alicyclic amines) is 1. The van der Waals surface area contributed by atoms with E-state index in [0.717, 1.165) is 0 Å². The molecule has 4 atom stereocenters. The van der Waals surface area contributed by atoms with Crippen LogP contribution >= 0.6 is 0 Å². The number of aliphatic hydroxyl groups is 1. The molecule has 2 fully saturated rings. The number of fused-ring (bicyclic) bond motifs is 1. The number of rotatable bonds is 0. The summed E-state index contributed by atoms with van der Waals surface area (Å²) in [4.78, 5) is 13.5. The van der Waals surface area contributed by atoms with Crippen molar-refractivity contribution < 1.29 is 19.4 Å². The SMILES string of the molecule is [B][C@H]1CN(C(=O)OC(C)(C)C)[C@H]2[C@@H]1OC[C@@H]2O. The van der Waals surface area contributed by atoms with Crippen LogP contribution in [-0.2, 0) is 9.47 Å². The van der Waals surface area contributed by atoms with Crippen LogP contribution in [0.3, 0.4) is 0 Å². The first-order chi connectivity index (χ1) is 7.79. The van der Waals surface area contributed by atoms with Crippen molar-refractivity contribution in [3.05, 3.63) is 0 Å². The molecule has 94 valence electrons. The third-order valence-corrected chi connectivity index (χ3v) is 3.01. The number of carbonyl (C=O) groups is 1. The fraction of sp³-hybridized carbons (Fsp3) is 0.909. The average Bonchev–Trinajstić information content (AvgIpc) is 2.67. The highest BCUT2D eigenvalue weighted by Gasteiger charge is 2.51. The van der Waals surface area contributed by atoms with Gasteiger partial charge in [-0.1, -0.05) is 0 Å². The Morgan fingerprint density at radius 1 is 1.53 bits per heavy atom. The van der Waals surface area contributed by atoms with E-state index in [2.05, 4.69) is 0 Å². The van der Waals surface area contributed by atoms with E-state index in [9.17, 15) is 9.90 Å². The molecule has 6 heteroatoms. The van der Waals surface area contributed by atoms with E-state index in [-0.39, 0.29) is 24.6 Å². The molecule has 2 saturated heterocycles. The number of carbonyl (C=O) groups excluding carboxylic acids is 1. The molecule has 0 aromatic heterocycles. The van der Waals surface area contributed by atoms with Crippen LogP contribution in [0.4, 0.5) is 4.79 Å². The normalized spacial score (nSPS) is 37.1. The Kier molecular flexibility index (Phi) is 3.12. The molecule has 2 heterocycles. The third kappa shape index (κ3) is 2.42. The molecule has 0 saturated carbocycles. The maximum atomic E-state index is 12.0. The number of ether oxygens (including phenoxy) is 2. The van der Waals surface area contributed by atoms with Gasteiger partial charge in [-0.05, 0) is 26.6 Å². The van der Waals surface area contributed by atoms with Crippen LogP contribution in [0.15, 0.2) is 0 Å². The number of aliphatic hydroxyl groups excluding tert-OH is 1. The highest BCUT2D eigenvalue weighted by atomic mass is 16.6. The lowest BCUT2D eigenvalue weighted by Gasteiger charge is -2.28. The van der Waals surface area contributed by atoms with Crippen molar-refractivity contribution in [2.75, 3.05) is 13.2 Å². The lowest BCUT2D eigenvalue weighted by Crippen LogP contribution is -2.46. The number of nitrogens with zero attached hydrogens (tertiary/aromatic N) is 1. The Hall–Kier alpha value is -0.745. The van der Waals surface area contributed by atoms with Crippen LogP contribution in [0, 0.1) is 0 Å². The fourth-order valence-electron chi connectivity index (χ4n) is 2.36. The van der Waals surface area contributed by atoms with Gasteiger partial charge in [-0.25, -0.2) is 4.79 Å². The van der Waals surface area contributed by atoms with Gasteiger partial charge in [0.1, 0.15) is 11.7 Å². The molecule has 0 spiro atoms. The van der Waals surface area contributed by atoms with Gasteiger partial charge in [0.15, 0.2) is 0 Å². The Morgan fingerprint density at radius 3 is 2.76 bits per heavy atom. The summed E-state index contributed by atoms with van der Waals surface area (Å²) >= 11 is 0. The van der Waals surface area contributed by atoms with Gasteiger partial charge in [0, 0.05) is 6.54 Å². The molecular formula is C11H18BNO4. The van der Waals surface area contributed by atoms with Gasteiger partial charge in [-0.3, -0.25) is 0 Å². The topological polar surface area (TPSA) is 59.0 Å². The Balaban J connectivity index is 2.08. The van der Waals surface area contributed by atoms with Gasteiger partial charge >= 0.3 is 6.09 Å². The van der Waals surface area contributed by atoms with Crippen LogP contribution in [0.25, 0.3) is 0 Å². The second kappa shape index (κ2) is 4.17. The Bertz CT molecular complexity index is 317. The summed E-state index contributed by atoms with van der Waals surface area (Å²) in [5.41, 5.74) is -0.552. The predicted octanol–water partition coefficient (Wildman–Crippen LogP) is 0.322. The van der Waals surface area contributed by atoms with Gasteiger partial charge in [0.05, 0.1) is 26.6 Å². The highest BCUT2D eigenvalue weighted by Crippen LogP contribution is 2.36. The number of amides is 1. The monoisotopic (exact) mass is 239 g/mol. The number of hydrogen-bond acceptors (Lipinski definition) is 4. The van der Waals surface area contributed by atoms with Gasteiger partial charge < -0.3 is 19.5 Å². The zero-order valence-electron chi connectivity index (χ0n) is 10.4. The van der Waals surface area contributed by atoms with E-state index in [1.165, 1.54) is 4.90 Å². The molecule has 2 rings (SSSR count). The van der Waals surface area contributed by atoms with Crippen LogP contribution < -0.4 is 0 Å². The maximum Gasteiger partial charge on any atom is 0.410 e. The molecule has 1 N–H and O–H groups in total. The summed E-state index contributed by atoms with van der Waals surface area (Å²) in [6, 6.07) is -0.375. The zero-order valence-corrected chi connectivity index (χ0v) is 10.4. The Labute approximate surface area is 102 Å². The standard InChI is InChI=1S/C11H18BNO4/c1-11(2,3)17-10(15)13-4-6(12)9-8(13)7(14)5-16-9/h6-9,14H,4-5H2,1-3H3/t6-,7-,8+,9+/m0/s1. The van der Waals surface area contributed by atoms with E-state index in [0.29, 0.717) is 6.54 Å². The molecule has 2 radical (unpaired) electrons. The minimum absolute atomic E-state index is 0.225. The van der Waals surface area contributed by atoms with Crippen molar-refractivity contribution >= 4 is 13.9 Å². The van der Waals surface area contributed by atoms with E-state index in [4.69, 9.17) is 17.3 Å². The first-order valence-corrected chi connectivity index (χ1v) is 5.84. The number of hydrogen-bond donors (Lipinski definition) is 1. The first kappa shape index (κ1) is 12.7. The molecule has 2 aliphatic heterocycles. The molecule has 2 aliphatic rings. The zero-order chi connectivity index (χ0) is 12.8. The van der Waals surface area contributed by atoms with E-state index in [1.807, 2.05) is 0 Å². The maximum absolute atomic E-state index is 12.0. The molecule has 0 unspecified atom stereocenters. The van der Waals surface area contributed by atoms with Crippen molar-refractivity contribution in [3.8, 4) is 0 Å². The molecule has 0 aromatic carbocycles. The lowest BCUT2D eigenvalue weighted by molar-refractivity contribution is 0.0105. The second-order valence-corrected chi connectivity index (χ2v) is 5.65. The molecule has 0 aromatic rings. The highest BCUT2D eigenvalue weighted by molar-refractivity contribution is 6.12. The molecule has 1 amide bonds. The van der Waals surface area contributed by atoms with Crippen molar-refractivity contribution in [1.29, 1.82) is 0 Å². The molecule has 0 aliphatic carbocycles. The average molecular weight is 239 g/mol. The quantitative estimate of drug-likeness (QED) is 0.618. The lowest BCUT2D eigenvalue weighted by atomic mass is 9.83. The summed E-state index contributed by atoms with van der Waals surface area (Å²) < 4.78 is 10.7. The predicted molar refractivity (Wildman–Crippen MR) is 62.0 cm³/mol. The minimum atomic E-state index is -0.680. The second-order valence-electron chi connectivity index (χ2n) is 5.65. The van der Waals surface area contributed by atoms with Crippen molar-refractivity contribution in [2.24, 2.45) is 0 Å². The Morgan fingerprint density at radius 2 is 2.18 bits per heavy atom. The van der Waals surface area contributed by atoms with E-state index in [1.54, 1.807) is 20.8 Å². The summed E-state index contributed by atoms with van der Waals surface area (Å²) in [6.07, 6.45) is -1.40. The van der Waals surface area contributed by atoms with Gasteiger partial charge in [-0.15, -0.1) is 0 Å².